The van der Waals surface area contributed by atoms with Gasteiger partial charge in [-0.3, -0.25) is 4.90 Å². The number of piperidine rings is 1. The molecule has 8 heteroatoms. The van der Waals surface area contributed by atoms with Crippen molar-refractivity contribution in [3.63, 3.8) is 0 Å². The molecule has 0 bridgehead atoms. The van der Waals surface area contributed by atoms with E-state index in [2.05, 4.69) is 12.2 Å². The van der Waals surface area contributed by atoms with Gasteiger partial charge in [-0.2, -0.15) is 4.31 Å². The van der Waals surface area contributed by atoms with Crippen LogP contribution in [-0.4, -0.2) is 62.6 Å². The fourth-order valence-corrected chi connectivity index (χ4v) is 5.81. The van der Waals surface area contributed by atoms with E-state index in [1.807, 2.05) is 17.9 Å². The molecule has 2 saturated heterocycles. The highest BCUT2D eigenvalue weighted by atomic mass is 32.2. The highest BCUT2D eigenvalue weighted by Gasteiger charge is 2.42. The molecule has 1 aromatic carbocycles. The maximum absolute atomic E-state index is 13.0. The number of carbonyl (C=O) groups excluding carboxylic acids is 1. The number of rotatable bonds is 4. The first-order chi connectivity index (χ1) is 13.9. The second-order valence-electron chi connectivity index (χ2n) is 7.72. The molecule has 1 aliphatic carbocycles. The molecule has 29 heavy (non-hydrogen) atoms. The van der Waals surface area contributed by atoms with Gasteiger partial charge in [0.25, 0.3) is 0 Å². The molecule has 1 aromatic rings. The van der Waals surface area contributed by atoms with E-state index in [1.54, 1.807) is 31.4 Å². The van der Waals surface area contributed by atoms with Crippen LogP contribution in [0.1, 0.15) is 19.8 Å². The number of carbonyl (C=O) groups is 1. The van der Waals surface area contributed by atoms with E-state index >= 15 is 0 Å². The normalized spacial score (nSPS) is 25.9. The lowest BCUT2D eigenvalue weighted by Crippen LogP contribution is -2.57. The molecule has 2 atom stereocenters. The summed E-state index contributed by atoms with van der Waals surface area (Å²) >= 11 is 0. The second kappa shape index (κ2) is 7.84. The number of cyclic esters (lactones) is 1. The molecule has 3 aliphatic rings. The van der Waals surface area contributed by atoms with Crippen molar-refractivity contribution in [2.24, 2.45) is 5.92 Å². The van der Waals surface area contributed by atoms with Crippen LogP contribution in [0.3, 0.4) is 0 Å². The predicted molar refractivity (Wildman–Crippen MR) is 108 cm³/mol. The lowest BCUT2D eigenvalue weighted by molar-refractivity contribution is 0.00595. The van der Waals surface area contributed by atoms with Gasteiger partial charge in [0, 0.05) is 25.0 Å². The molecule has 0 N–H and O–H groups in total. The summed E-state index contributed by atoms with van der Waals surface area (Å²) in [7, 11) is -2.02. The summed E-state index contributed by atoms with van der Waals surface area (Å²) in [5, 5.41) is 0. The third-order valence-corrected chi connectivity index (χ3v) is 7.83. The fourth-order valence-electron chi connectivity index (χ4n) is 4.34. The van der Waals surface area contributed by atoms with E-state index in [-0.39, 0.29) is 29.0 Å². The van der Waals surface area contributed by atoms with Gasteiger partial charge < -0.3 is 9.47 Å². The first kappa shape index (κ1) is 20.0. The summed E-state index contributed by atoms with van der Waals surface area (Å²) in [4.78, 5) is 14.6. The topological polar surface area (TPSA) is 76.2 Å². The molecule has 0 radical (unpaired) electrons. The van der Waals surface area contributed by atoms with Crippen molar-refractivity contribution in [1.29, 1.82) is 0 Å². The maximum atomic E-state index is 13.0. The summed E-state index contributed by atoms with van der Waals surface area (Å²) in [6, 6.07) is 6.37. The molecule has 2 heterocycles. The molecule has 1 amide bonds. The Balaban J connectivity index is 1.46. The van der Waals surface area contributed by atoms with Gasteiger partial charge in [0.15, 0.2) is 0 Å². The van der Waals surface area contributed by atoms with Crippen LogP contribution in [0.25, 0.3) is 0 Å². The highest BCUT2D eigenvalue weighted by Crippen LogP contribution is 2.32. The molecule has 7 nitrogen and oxygen atoms in total. The lowest BCUT2D eigenvalue weighted by Gasteiger charge is -2.45. The zero-order valence-electron chi connectivity index (χ0n) is 16.7. The SMILES string of the molecule is COc1ccc(S(=O)(=O)N2CCC(N3C(=O)OCC4C=C(C)C=CC43)CC2)cc1. The Morgan fingerprint density at radius 1 is 1.14 bits per heavy atom. The van der Waals surface area contributed by atoms with E-state index in [4.69, 9.17) is 9.47 Å². The van der Waals surface area contributed by atoms with Gasteiger partial charge in [-0.1, -0.05) is 23.8 Å². The second-order valence-corrected chi connectivity index (χ2v) is 9.66. The maximum Gasteiger partial charge on any atom is 0.410 e. The molecule has 0 aromatic heterocycles. The molecule has 0 saturated carbocycles. The van der Waals surface area contributed by atoms with Gasteiger partial charge in [-0.25, -0.2) is 13.2 Å². The number of benzene rings is 1. The summed E-state index contributed by atoms with van der Waals surface area (Å²) in [5.41, 5.74) is 1.17. The number of fused-ring (bicyclic) bond motifs is 1. The number of hydrogen-bond acceptors (Lipinski definition) is 5. The minimum atomic E-state index is -3.57. The Bertz CT molecular complexity index is 930. The largest absolute Gasteiger partial charge is 0.497 e. The monoisotopic (exact) mass is 418 g/mol. The van der Waals surface area contributed by atoms with Crippen LogP contribution in [0, 0.1) is 5.92 Å². The Morgan fingerprint density at radius 2 is 1.83 bits per heavy atom. The van der Waals surface area contributed by atoms with Crippen LogP contribution in [0.2, 0.25) is 0 Å². The van der Waals surface area contributed by atoms with Crippen molar-refractivity contribution >= 4 is 16.1 Å². The van der Waals surface area contributed by atoms with Gasteiger partial charge in [0.1, 0.15) is 12.4 Å². The van der Waals surface area contributed by atoms with Crippen LogP contribution < -0.4 is 4.74 Å². The third-order valence-electron chi connectivity index (χ3n) is 5.92. The van der Waals surface area contributed by atoms with Crippen molar-refractivity contribution in [3.05, 3.63) is 48.1 Å². The van der Waals surface area contributed by atoms with E-state index in [0.717, 1.165) is 0 Å². The molecule has 0 spiro atoms. The average Bonchev–Trinajstić information content (AvgIpc) is 2.74. The number of methoxy groups -OCH3 is 1. The minimum absolute atomic E-state index is 0.0188. The number of ether oxygens (including phenoxy) is 2. The summed E-state index contributed by atoms with van der Waals surface area (Å²) in [6.45, 7) is 3.18. The van der Waals surface area contributed by atoms with E-state index < -0.39 is 10.0 Å². The quantitative estimate of drug-likeness (QED) is 0.752. The van der Waals surface area contributed by atoms with Gasteiger partial charge >= 0.3 is 6.09 Å². The number of allylic oxidation sites excluding steroid dienone is 2. The molecule has 2 unspecified atom stereocenters. The molecule has 2 fully saturated rings. The Kier molecular flexibility index (Phi) is 5.40. The molecule has 4 rings (SSSR count). The number of nitrogens with zero attached hydrogens (tertiary/aromatic N) is 2. The van der Waals surface area contributed by atoms with E-state index in [9.17, 15) is 13.2 Å². The van der Waals surface area contributed by atoms with Crippen molar-refractivity contribution in [3.8, 4) is 5.75 Å². The van der Waals surface area contributed by atoms with Gasteiger partial charge in [0.05, 0.1) is 18.0 Å². The van der Waals surface area contributed by atoms with Crippen molar-refractivity contribution < 1.29 is 22.7 Å². The van der Waals surface area contributed by atoms with E-state index in [0.29, 0.717) is 38.3 Å². The van der Waals surface area contributed by atoms with Crippen molar-refractivity contribution in [2.45, 2.75) is 36.7 Å². The van der Waals surface area contributed by atoms with Crippen LogP contribution in [-0.2, 0) is 14.8 Å². The van der Waals surface area contributed by atoms with Crippen molar-refractivity contribution in [1.82, 2.24) is 9.21 Å². The third kappa shape index (κ3) is 3.79. The van der Waals surface area contributed by atoms with Crippen molar-refractivity contribution in [2.75, 3.05) is 26.8 Å². The molecular formula is C21H26N2O5S. The smallest absolute Gasteiger partial charge is 0.410 e. The lowest BCUT2D eigenvalue weighted by atomic mass is 9.88. The zero-order chi connectivity index (χ0) is 20.6. The zero-order valence-corrected chi connectivity index (χ0v) is 17.5. The highest BCUT2D eigenvalue weighted by molar-refractivity contribution is 7.89. The van der Waals surface area contributed by atoms with Crippen LogP contribution >= 0.6 is 0 Å². The Labute approximate surface area is 171 Å². The number of hydrogen-bond donors (Lipinski definition) is 0. The first-order valence-electron chi connectivity index (χ1n) is 9.86. The first-order valence-corrected chi connectivity index (χ1v) is 11.3. The molecule has 156 valence electrons. The fraction of sp³-hybridized carbons (Fsp3) is 0.476. The van der Waals surface area contributed by atoms with Gasteiger partial charge in [-0.15, -0.1) is 0 Å². The molecular weight excluding hydrogens is 392 g/mol. The number of amides is 1. The Morgan fingerprint density at radius 3 is 2.48 bits per heavy atom. The van der Waals surface area contributed by atoms with Crippen LogP contribution in [0.15, 0.2) is 53.0 Å². The van der Waals surface area contributed by atoms with E-state index in [1.165, 1.54) is 9.88 Å². The average molecular weight is 419 g/mol. The van der Waals surface area contributed by atoms with Gasteiger partial charge in [-0.05, 0) is 44.0 Å². The summed E-state index contributed by atoms with van der Waals surface area (Å²) < 4.78 is 37.9. The van der Waals surface area contributed by atoms with Crippen LogP contribution in [0.5, 0.6) is 5.75 Å². The van der Waals surface area contributed by atoms with Crippen LogP contribution in [0.4, 0.5) is 4.79 Å². The molecule has 2 aliphatic heterocycles. The summed E-state index contributed by atoms with van der Waals surface area (Å²) in [6.07, 6.45) is 7.12. The van der Waals surface area contributed by atoms with Gasteiger partial charge in [0.2, 0.25) is 10.0 Å². The number of sulfonamides is 1. The predicted octanol–water partition coefficient (Wildman–Crippen LogP) is 2.80. The Hall–Kier alpha value is -2.32. The minimum Gasteiger partial charge on any atom is -0.497 e. The standard InChI is InChI=1S/C21H26N2O5S/c1-15-3-8-20-16(13-15)14-28-21(24)23(20)17-9-11-22(12-10-17)29(25,26)19-6-4-18(27-2)5-7-19/h3-8,13,16-17,20H,9-12,14H2,1-2H3. The summed E-state index contributed by atoms with van der Waals surface area (Å²) in [5.74, 6) is 0.768.